The second-order valence-corrected chi connectivity index (χ2v) is 12.4. The first kappa shape index (κ1) is 36.1. The molecule has 9 nitrogen and oxygen atoms in total. The summed E-state index contributed by atoms with van der Waals surface area (Å²) in [6.45, 7) is 1.24. The molecule has 2 aromatic rings. The quantitative estimate of drug-likeness (QED) is 0.299. The molecule has 0 aromatic heterocycles. The van der Waals surface area contributed by atoms with Crippen LogP contribution in [0.5, 0.6) is 0 Å². The van der Waals surface area contributed by atoms with Crippen LogP contribution < -0.4 is 15.8 Å². The third-order valence-electron chi connectivity index (χ3n) is 9.19. The van der Waals surface area contributed by atoms with E-state index in [0.29, 0.717) is 18.6 Å². The molecule has 268 valence electrons. The number of guanidine groups is 1. The molecule has 1 fully saturated rings. The van der Waals surface area contributed by atoms with Gasteiger partial charge in [-0.05, 0) is 86.1 Å². The summed E-state index contributed by atoms with van der Waals surface area (Å²) >= 11 is 0. The van der Waals surface area contributed by atoms with Gasteiger partial charge < -0.3 is 15.3 Å². The highest BCUT2D eigenvalue weighted by molar-refractivity contribution is 5.97. The zero-order valence-electron chi connectivity index (χ0n) is 26.2. The van der Waals surface area contributed by atoms with Gasteiger partial charge in [-0.1, -0.05) is 6.92 Å². The molecule has 18 heteroatoms. The molecule has 1 saturated carbocycles. The number of hydrogen-bond acceptors (Lipinski definition) is 7. The lowest BCUT2D eigenvalue weighted by Crippen LogP contribution is -2.60. The van der Waals surface area contributed by atoms with Crippen LogP contribution in [0.3, 0.4) is 0 Å². The molecule has 2 atom stereocenters. The van der Waals surface area contributed by atoms with Crippen LogP contribution in [-0.2, 0) is 41.1 Å². The average Bonchev–Trinajstić information content (AvgIpc) is 3.36. The number of carboxylic acids is 1. The third kappa shape index (κ3) is 7.68. The SMILES string of the molecule is CCC1C(NC2=NNN(C)N2Cc2cc(C(F)(F)F)cc(C(F)(F)F)c2)Cc2cc(C(F)(F)F)ccc2N1C(=O)[C@H]1CC[C@H](C(=O)O)CC1. The number of carboxylic acid groups (broad SMARTS) is 1. The number of anilines is 1. The molecule has 3 N–H and O–H groups in total. The zero-order valence-corrected chi connectivity index (χ0v) is 26.2. The highest BCUT2D eigenvalue weighted by Gasteiger charge is 2.44. The van der Waals surface area contributed by atoms with Gasteiger partial charge in [-0.25, -0.2) is 5.53 Å². The molecular weight excluding hydrogens is 675 g/mol. The lowest BCUT2D eigenvalue weighted by Gasteiger charge is -2.45. The van der Waals surface area contributed by atoms with Gasteiger partial charge in [0.05, 0.1) is 41.2 Å². The first-order valence-electron chi connectivity index (χ1n) is 15.4. The average molecular weight is 709 g/mol. The van der Waals surface area contributed by atoms with Gasteiger partial charge in [0.25, 0.3) is 0 Å². The molecule has 3 aliphatic rings. The van der Waals surface area contributed by atoms with E-state index in [2.05, 4.69) is 16.0 Å². The van der Waals surface area contributed by atoms with Crippen LogP contribution in [0, 0.1) is 11.8 Å². The monoisotopic (exact) mass is 708 g/mol. The molecule has 5 rings (SSSR count). The number of carbonyl (C=O) groups is 2. The van der Waals surface area contributed by atoms with Crippen molar-refractivity contribution in [2.45, 2.75) is 82.6 Å². The van der Waals surface area contributed by atoms with Crippen LogP contribution in [0.15, 0.2) is 41.5 Å². The van der Waals surface area contributed by atoms with Crippen molar-refractivity contribution in [1.29, 1.82) is 0 Å². The molecule has 1 amide bonds. The smallest absolute Gasteiger partial charge is 0.416 e. The number of hydrazone groups is 1. The van der Waals surface area contributed by atoms with Gasteiger partial charge in [0, 0.05) is 18.7 Å². The molecule has 0 saturated heterocycles. The minimum atomic E-state index is -5.07. The summed E-state index contributed by atoms with van der Waals surface area (Å²) < 4.78 is 123. The second-order valence-electron chi connectivity index (χ2n) is 12.4. The Labute approximate surface area is 274 Å². The van der Waals surface area contributed by atoms with Crippen LogP contribution in [0.25, 0.3) is 0 Å². The number of rotatable bonds is 6. The number of nitrogens with zero attached hydrogens (tertiary/aromatic N) is 4. The summed E-state index contributed by atoms with van der Waals surface area (Å²) in [5.41, 5.74) is -1.28. The van der Waals surface area contributed by atoms with Gasteiger partial charge in [0.15, 0.2) is 0 Å². The summed E-state index contributed by atoms with van der Waals surface area (Å²) in [4.78, 5) is 27.0. The highest BCUT2D eigenvalue weighted by Crippen LogP contribution is 2.41. The molecule has 0 radical (unpaired) electrons. The van der Waals surface area contributed by atoms with Crippen molar-refractivity contribution in [3.05, 3.63) is 64.2 Å². The van der Waals surface area contributed by atoms with Crippen LogP contribution in [0.4, 0.5) is 45.2 Å². The molecule has 2 heterocycles. The molecule has 2 unspecified atom stereocenters. The summed E-state index contributed by atoms with van der Waals surface area (Å²) in [6, 6.07) is 2.77. The molecule has 2 aromatic carbocycles. The second kappa shape index (κ2) is 13.2. The minimum Gasteiger partial charge on any atom is -0.481 e. The zero-order chi connectivity index (χ0) is 36.1. The molecule has 2 aliphatic heterocycles. The fourth-order valence-electron chi connectivity index (χ4n) is 6.68. The van der Waals surface area contributed by atoms with E-state index in [1.807, 2.05) is 0 Å². The number of nitrogens with one attached hydrogen (secondary N) is 2. The third-order valence-corrected chi connectivity index (χ3v) is 9.19. The van der Waals surface area contributed by atoms with Crippen LogP contribution in [0.2, 0.25) is 0 Å². The predicted molar refractivity (Wildman–Crippen MR) is 157 cm³/mol. The van der Waals surface area contributed by atoms with Crippen molar-refractivity contribution >= 4 is 23.5 Å². The Morgan fingerprint density at radius 2 is 1.45 bits per heavy atom. The van der Waals surface area contributed by atoms with Gasteiger partial charge >= 0.3 is 24.5 Å². The Morgan fingerprint density at radius 1 is 0.878 bits per heavy atom. The summed E-state index contributed by atoms with van der Waals surface area (Å²) in [7, 11) is 1.41. The number of hydrogen-bond donors (Lipinski definition) is 3. The number of carbonyl (C=O) groups excluding carboxylic acids is 1. The van der Waals surface area contributed by atoms with E-state index >= 15 is 0 Å². The van der Waals surface area contributed by atoms with E-state index in [9.17, 15) is 54.2 Å². The van der Waals surface area contributed by atoms with E-state index in [1.54, 1.807) is 6.92 Å². The van der Waals surface area contributed by atoms with E-state index in [-0.39, 0.29) is 66.9 Å². The fraction of sp³-hybridized carbons (Fsp3) is 0.516. The van der Waals surface area contributed by atoms with E-state index in [1.165, 1.54) is 28.1 Å². The first-order chi connectivity index (χ1) is 22.8. The fourth-order valence-corrected chi connectivity index (χ4v) is 6.68. The van der Waals surface area contributed by atoms with Crippen molar-refractivity contribution < 1.29 is 54.2 Å². The lowest BCUT2D eigenvalue weighted by atomic mass is 9.80. The highest BCUT2D eigenvalue weighted by atomic mass is 19.4. The maximum atomic E-state index is 14.1. The Hall–Kier alpha value is -4.22. The van der Waals surface area contributed by atoms with Gasteiger partial charge in [0.2, 0.25) is 11.9 Å². The molecule has 0 spiro atoms. The van der Waals surface area contributed by atoms with Gasteiger partial charge in [0.1, 0.15) is 0 Å². The lowest BCUT2D eigenvalue weighted by molar-refractivity contribution is -0.144. The van der Waals surface area contributed by atoms with Crippen molar-refractivity contribution in [2.75, 3.05) is 11.9 Å². The van der Waals surface area contributed by atoms with E-state index in [0.717, 1.165) is 12.1 Å². The van der Waals surface area contributed by atoms with Crippen molar-refractivity contribution in [3.63, 3.8) is 0 Å². The van der Waals surface area contributed by atoms with Crippen LogP contribution >= 0.6 is 0 Å². The normalized spacial score (nSPS) is 23.5. The van der Waals surface area contributed by atoms with Crippen LogP contribution in [0.1, 0.15) is 66.8 Å². The number of amides is 1. The Morgan fingerprint density at radius 3 is 1.98 bits per heavy atom. The molecule has 1 aliphatic carbocycles. The maximum Gasteiger partial charge on any atom is 0.416 e. The Balaban J connectivity index is 1.47. The summed E-state index contributed by atoms with van der Waals surface area (Å²) in [5.74, 6) is -2.60. The number of halogens is 9. The van der Waals surface area contributed by atoms with Crippen molar-refractivity contribution in [3.8, 4) is 0 Å². The number of fused-ring (bicyclic) bond motifs is 1. The molecular formula is C31H33F9N6O3. The van der Waals surface area contributed by atoms with Crippen molar-refractivity contribution in [2.24, 2.45) is 16.9 Å². The predicted octanol–water partition coefficient (Wildman–Crippen LogP) is 6.40. The maximum absolute atomic E-state index is 14.1. The minimum absolute atomic E-state index is 0.0168. The van der Waals surface area contributed by atoms with Gasteiger partial charge in [-0.2, -0.15) is 39.5 Å². The number of alkyl halides is 9. The number of benzene rings is 2. The first-order valence-corrected chi connectivity index (χ1v) is 15.4. The van der Waals surface area contributed by atoms with Gasteiger partial charge in [-0.15, -0.1) is 10.2 Å². The summed E-state index contributed by atoms with van der Waals surface area (Å²) in [5, 5.41) is 19.0. The standard InChI is InChI=1S/C31H33F9N6O3/c1-3-24-23(41-28-42-43-44(2)45(28)15-16-10-21(30(35,36)37)14-22(11-16)31(38,39)40)13-19-12-20(29(32,33)34)8-9-25(19)46(24)26(47)17-4-6-18(7-5-17)27(48)49/h8-12,14,17-18,23-24,43H,3-7,13,15H2,1-2H3,(H,41,42)(H,48,49)/t17-,18-,23?,24?. The summed E-state index contributed by atoms with van der Waals surface area (Å²) in [6.07, 6.45) is -13.5. The molecule has 0 bridgehead atoms. The van der Waals surface area contributed by atoms with Gasteiger partial charge in [-0.3, -0.25) is 14.6 Å². The Bertz CT molecular complexity index is 1570. The molecule has 49 heavy (non-hydrogen) atoms. The number of hydrazine groups is 2. The van der Waals surface area contributed by atoms with Crippen LogP contribution in [-0.4, -0.2) is 52.2 Å². The Kier molecular flexibility index (Phi) is 9.75. The van der Waals surface area contributed by atoms with E-state index < -0.39 is 71.7 Å². The van der Waals surface area contributed by atoms with Crippen molar-refractivity contribution in [1.82, 2.24) is 21.0 Å². The number of aliphatic carboxylic acids is 1. The van der Waals surface area contributed by atoms with E-state index in [4.69, 9.17) is 0 Å². The largest absolute Gasteiger partial charge is 0.481 e. The topological polar surface area (TPSA) is 101 Å².